The van der Waals surface area contributed by atoms with Gasteiger partial charge >= 0.3 is 5.69 Å². The van der Waals surface area contributed by atoms with E-state index in [1.54, 1.807) is 31.3 Å². The second kappa shape index (κ2) is 5.61. The molecule has 100 valence electrons. The second-order valence-electron chi connectivity index (χ2n) is 3.83. The van der Waals surface area contributed by atoms with Crippen LogP contribution in [0.2, 0.25) is 0 Å². The summed E-state index contributed by atoms with van der Waals surface area (Å²) in [4.78, 5) is 22.8. The fourth-order valence-electron chi connectivity index (χ4n) is 1.41. The molecule has 1 heterocycles. The van der Waals surface area contributed by atoms with Crippen molar-refractivity contribution in [1.29, 1.82) is 0 Å². The zero-order valence-electron chi connectivity index (χ0n) is 10.2. The summed E-state index contributed by atoms with van der Waals surface area (Å²) in [5.41, 5.74) is 6.53. The summed E-state index contributed by atoms with van der Waals surface area (Å²) in [5, 5.41) is 9.28. The normalized spacial score (nSPS) is 10.4. The van der Waals surface area contributed by atoms with Crippen LogP contribution in [0.5, 0.6) is 0 Å². The Morgan fingerprint density at radius 2 is 2.37 bits per heavy atom. The number of nitrogens with one attached hydrogen (secondary N) is 2. The van der Waals surface area contributed by atoms with Crippen LogP contribution < -0.4 is 16.7 Å². The van der Waals surface area contributed by atoms with Gasteiger partial charge in [-0.15, -0.1) is 5.10 Å². The first-order valence-corrected chi connectivity index (χ1v) is 6.44. The third-order valence-corrected chi connectivity index (χ3v) is 3.37. The number of H-pyrrole nitrogens is 1. The molecule has 1 amide bonds. The Bertz CT molecular complexity index is 649. The van der Waals surface area contributed by atoms with Crippen LogP contribution in [0.15, 0.2) is 34.2 Å². The van der Waals surface area contributed by atoms with Crippen LogP contribution in [0.3, 0.4) is 0 Å². The van der Waals surface area contributed by atoms with Crippen molar-refractivity contribution in [2.45, 2.75) is 5.16 Å². The molecule has 0 atom stereocenters. The van der Waals surface area contributed by atoms with E-state index in [4.69, 9.17) is 5.73 Å². The molecular weight excluding hydrogens is 266 g/mol. The molecule has 2 aromatic rings. The van der Waals surface area contributed by atoms with E-state index in [-0.39, 0.29) is 17.3 Å². The van der Waals surface area contributed by atoms with Crippen LogP contribution in [0, 0.1) is 0 Å². The molecule has 0 fully saturated rings. The maximum absolute atomic E-state index is 11.7. The first kappa shape index (κ1) is 13.2. The number of carbonyl (C=O) groups is 1. The summed E-state index contributed by atoms with van der Waals surface area (Å²) in [5.74, 6) is -0.0292. The van der Waals surface area contributed by atoms with Crippen LogP contribution in [-0.2, 0) is 11.8 Å². The summed E-state index contributed by atoms with van der Waals surface area (Å²) in [6, 6.07) is 6.93. The topological polar surface area (TPSA) is 106 Å². The van der Waals surface area contributed by atoms with Crippen molar-refractivity contribution in [1.82, 2.24) is 14.8 Å². The molecule has 8 heteroatoms. The number of aromatic amines is 1. The van der Waals surface area contributed by atoms with Gasteiger partial charge < -0.3 is 11.1 Å². The first-order valence-electron chi connectivity index (χ1n) is 5.46. The monoisotopic (exact) mass is 279 g/mol. The minimum absolute atomic E-state index is 0.160. The molecule has 1 aromatic heterocycles. The number of rotatable bonds is 4. The van der Waals surface area contributed by atoms with Gasteiger partial charge in [-0.1, -0.05) is 17.8 Å². The van der Waals surface area contributed by atoms with Crippen molar-refractivity contribution in [3.05, 3.63) is 34.7 Å². The summed E-state index contributed by atoms with van der Waals surface area (Å²) in [7, 11) is 1.59. The Kier molecular flexibility index (Phi) is 3.91. The van der Waals surface area contributed by atoms with E-state index in [2.05, 4.69) is 15.5 Å². The highest BCUT2D eigenvalue weighted by atomic mass is 32.2. The average Bonchev–Trinajstić information content (AvgIpc) is 2.68. The molecule has 7 nitrogen and oxygen atoms in total. The maximum atomic E-state index is 11.7. The molecule has 0 unspecified atom stereocenters. The average molecular weight is 279 g/mol. The lowest BCUT2D eigenvalue weighted by molar-refractivity contribution is -0.113. The van der Waals surface area contributed by atoms with Gasteiger partial charge in [0.05, 0.1) is 5.75 Å². The summed E-state index contributed by atoms with van der Waals surface area (Å²) in [6.45, 7) is 0. The van der Waals surface area contributed by atoms with Crippen molar-refractivity contribution >= 4 is 29.0 Å². The van der Waals surface area contributed by atoms with Gasteiger partial charge in [-0.2, -0.15) is 0 Å². The van der Waals surface area contributed by atoms with Crippen molar-refractivity contribution in [3.63, 3.8) is 0 Å². The van der Waals surface area contributed by atoms with Gasteiger partial charge in [0.1, 0.15) is 0 Å². The molecule has 1 aromatic carbocycles. The van der Waals surface area contributed by atoms with E-state index in [9.17, 15) is 9.59 Å². The Morgan fingerprint density at radius 3 is 3.00 bits per heavy atom. The van der Waals surface area contributed by atoms with E-state index < -0.39 is 0 Å². The number of anilines is 2. The molecule has 0 spiro atoms. The van der Waals surface area contributed by atoms with Crippen LogP contribution in [0.1, 0.15) is 0 Å². The lowest BCUT2D eigenvalue weighted by atomic mass is 10.3. The number of aromatic nitrogens is 3. The molecule has 0 radical (unpaired) electrons. The zero-order valence-corrected chi connectivity index (χ0v) is 11.0. The number of amides is 1. The lowest BCUT2D eigenvalue weighted by Crippen LogP contribution is -2.16. The molecule has 0 saturated carbocycles. The zero-order chi connectivity index (χ0) is 13.8. The number of hydrogen-bond acceptors (Lipinski definition) is 5. The Hall–Kier alpha value is -2.22. The molecule has 0 aliphatic rings. The van der Waals surface area contributed by atoms with E-state index >= 15 is 0 Å². The predicted octanol–water partition coefficient (Wildman–Crippen LogP) is 0.421. The van der Waals surface area contributed by atoms with E-state index in [0.29, 0.717) is 16.5 Å². The maximum Gasteiger partial charge on any atom is 0.343 e. The van der Waals surface area contributed by atoms with Crippen LogP contribution in [0.25, 0.3) is 0 Å². The van der Waals surface area contributed by atoms with Crippen LogP contribution in [-0.4, -0.2) is 26.4 Å². The molecular formula is C11H13N5O2S. The number of nitrogen functional groups attached to an aromatic ring is 1. The third kappa shape index (κ3) is 3.38. The molecule has 0 aliphatic carbocycles. The van der Waals surface area contributed by atoms with E-state index in [1.807, 2.05) is 0 Å². The van der Waals surface area contributed by atoms with Crippen molar-refractivity contribution < 1.29 is 4.79 Å². The number of hydrogen-bond donors (Lipinski definition) is 3. The van der Waals surface area contributed by atoms with Crippen LogP contribution >= 0.6 is 11.8 Å². The van der Waals surface area contributed by atoms with E-state index in [1.165, 1.54) is 16.3 Å². The highest BCUT2D eigenvalue weighted by Gasteiger charge is 2.08. The number of nitrogens with zero attached hydrogens (tertiary/aromatic N) is 2. The van der Waals surface area contributed by atoms with Crippen molar-refractivity contribution in [2.75, 3.05) is 16.8 Å². The van der Waals surface area contributed by atoms with Gasteiger partial charge in [-0.3, -0.25) is 9.36 Å². The van der Waals surface area contributed by atoms with E-state index in [0.717, 1.165) is 0 Å². The van der Waals surface area contributed by atoms with Gasteiger partial charge in [0.15, 0.2) is 5.16 Å². The smallest absolute Gasteiger partial charge is 0.343 e. The Balaban J connectivity index is 1.92. The fraction of sp³-hybridized carbons (Fsp3) is 0.182. The Morgan fingerprint density at radius 1 is 1.58 bits per heavy atom. The number of nitrogens with two attached hydrogens (primary N) is 1. The summed E-state index contributed by atoms with van der Waals surface area (Å²) >= 11 is 1.18. The SMILES string of the molecule is Cn1c(SCC(=O)Nc2cccc(N)c2)n[nH]c1=O. The van der Waals surface area contributed by atoms with Crippen molar-refractivity contribution in [3.8, 4) is 0 Å². The third-order valence-electron chi connectivity index (χ3n) is 2.34. The molecule has 2 rings (SSSR count). The number of carbonyl (C=O) groups excluding carboxylic acids is 1. The fourth-order valence-corrected chi connectivity index (χ4v) is 2.12. The second-order valence-corrected chi connectivity index (χ2v) is 4.78. The summed E-state index contributed by atoms with van der Waals surface area (Å²) in [6.07, 6.45) is 0. The quantitative estimate of drug-likeness (QED) is 0.555. The standard InChI is InChI=1S/C11H13N5O2S/c1-16-10(18)14-15-11(16)19-6-9(17)13-8-4-2-3-7(12)5-8/h2-5H,6,12H2,1H3,(H,13,17)(H,14,18). The van der Waals surface area contributed by atoms with Crippen LogP contribution in [0.4, 0.5) is 11.4 Å². The Labute approximate surface area is 113 Å². The van der Waals surface area contributed by atoms with Gasteiger partial charge in [0.25, 0.3) is 0 Å². The molecule has 0 aliphatic heterocycles. The number of thioether (sulfide) groups is 1. The van der Waals surface area contributed by atoms with Gasteiger partial charge in [0.2, 0.25) is 5.91 Å². The lowest BCUT2D eigenvalue weighted by Gasteiger charge is -2.05. The minimum Gasteiger partial charge on any atom is -0.399 e. The van der Waals surface area contributed by atoms with Crippen molar-refractivity contribution in [2.24, 2.45) is 7.05 Å². The van der Waals surface area contributed by atoms with Gasteiger partial charge in [-0.25, -0.2) is 9.89 Å². The van der Waals surface area contributed by atoms with Gasteiger partial charge in [-0.05, 0) is 18.2 Å². The molecule has 4 N–H and O–H groups in total. The molecule has 0 saturated heterocycles. The summed E-state index contributed by atoms with van der Waals surface area (Å²) < 4.78 is 1.35. The highest BCUT2D eigenvalue weighted by molar-refractivity contribution is 7.99. The predicted molar refractivity (Wildman–Crippen MR) is 74.0 cm³/mol. The highest BCUT2D eigenvalue weighted by Crippen LogP contribution is 2.15. The molecule has 0 bridgehead atoms. The largest absolute Gasteiger partial charge is 0.399 e. The minimum atomic E-state index is -0.307. The molecule has 19 heavy (non-hydrogen) atoms. The van der Waals surface area contributed by atoms with Gasteiger partial charge in [0, 0.05) is 18.4 Å². The first-order chi connectivity index (χ1) is 9.06. The number of benzene rings is 1.